The number of carbonyl (C=O) groups excluding carboxylic acids is 1. The summed E-state index contributed by atoms with van der Waals surface area (Å²) >= 11 is 0. The smallest absolute Gasteiger partial charge is 0.276 e. The third kappa shape index (κ3) is 3.25. The summed E-state index contributed by atoms with van der Waals surface area (Å²) in [6.45, 7) is 0.428. The van der Waals surface area contributed by atoms with Crippen LogP contribution in [-0.2, 0) is 11.3 Å². The van der Waals surface area contributed by atoms with Gasteiger partial charge >= 0.3 is 0 Å². The van der Waals surface area contributed by atoms with Crippen molar-refractivity contribution in [3.05, 3.63) is 53.2 Å². The van der Waals surface area contributed by atoms with Crippen LogP contribution in [0, 0.1) is 5.82 Å². The molecule has 1 amide bonds. The number of β-amino-alcohol motifs (C(OH)–C–C–N with tert-alkyl or cyclic N) is 1. The number of nitrogens with zero attached hydrogens (tertiary/aromatic N) is 2. The third-order valence-corrected chi connectivity index (χ3v) is 3.86. The number of amides is 1. The first-order valence-electron chi connectivity index (χ1n) is 7.27. The summed E-state index contributed by atoms with van der Waals surface area (Å²) < 4.78 is 23.0. The monoisotopic (exact) mass is 320 g/mol. The van der Waals surface area contributed by atoms with Gasteiger partial charge in [-0.25, -0.2) is 4.39 Å². The maximum absolute atomic E-state index is 13.1. The Morgan fingerprint density at radius 1 is 1.48 bits per heavy atom. The molecule has 2 heterocycles. The summed E-state index contributed by atoms with van der Waals surface area (Å²) in [5.41, 5.74) is 0.940. The lowest BCUT2D eigenvalue weighted by Crippen LogP contribution is -2.32. The second-order valence-electron chi connectivity index (χ2n) is 5.53. The summed E-state index contributed by atoms with van der Waals surface area (Å²) in [6, 6.07) is 7.14. The summed E-state index contributed by atoms with van der Waals surface area (Å²) in [6.07, 6.45) is -0.223. The van der Waals surface area contributed by atoms with E-state index in [9.17, 15) is 14.3 Å². The molecule has 1 aromatic heterocycles. The first-order chi connectivity index (χ1) is 11.1. The minimum atomic E-state index is -0.626. The number of rotatable bonds is 4. The number of carbonyl (C=O) groups is 1. The molecule has 122 valence electrons. The molecule has 0 spiro atoms. The molecular weight excluding hydrogens is 303 g/mol. The fraction of sp³-hybridized carbons (Fsp3) is 0.375. The van der Waals surface area contributed by atoms with E-state index in [4.69, 9.17) is 9.26 Å². The zero-order valence-corrected chi connectivity index (χ0v) is 12.6. The van der Waals surface area contributed by atoms with Crippen molar-refractivity contribution in [2.75, 3.05) is 13.7 Å². The molecule has 6 nitrogen and oxygen atoms in total. The third-order valence-electron chi connectivity index (χ3n) is 3.86. The zero-order valence-electron chi connectivity index (χ0n) is 12.6. The van der Waals surface area contributed by atoms with Gasteiger partial charge in [0.25, 0.3) is 5.91 Å². The normalized spacial score (nSPS) is 20.9. The van der Waals surface area contributed by atoms with E-state index in [1.807, 2.05) is 0 Å². The molecule has 23 heavy (non-hydrogen) atoms. The Kier molecular flexibility index (Phi) is 4.40. The van der Waals surface area contributed by atoms with Crippen molar-refractivity contribution in [1.29, 1.82) is 0 Å². The fourth-order valence-corrected chi connectivity index (χ4v) is 2.81. The number of likely N-dealkylation sites (tertiary alicyclic amines) is 1. The fourth-order valence-electron chi connectivity index (χ4n) is 2.81. The van der Waals surface area contributed by atoms with Crippen molar-refractivity contribution in [1.82, 2.24) is 10.1 Å². The molecule has 7 heteroatoms. The lowest BCUT2D eigenvalue weighted by atomic mass is 10.0. The van der Waals surface area contributed by atoms with Crippen molar-refractivity contribution < 1.29 is 23.6 Å². The van der Waals surface area contributed by atoms with Gasteiger partial charge in [-0.15, -0.1) is 0 Å². The van der Waals surface area contributed by atoms with E-state index in [-0.39, 0.29) is 36.6 Å². The van der Waals surface area contributed by atoms with E-state index in [1.165, 1.54) is 30.2 Å². The minimum Gasteiger partial charge on any atom is -0.391 e. The average molecular weight is 320 g/mol. The van der Waals surface area contributed by atoms with Crippen LogP contribution >= 0.6 is 0 Å². The van der Waals surface area contributed by atoms with Crippen molar-refractivity contribution >= 4 is 5.91 Å². The summed E-state index contributed by atoms with van der Waals surface area (Å²) in [5, 5.41) is 13.7. The first kappa shape index (κ1) is 15.6. The van der Waals surface area contributed by atoms with Crippen molar-refractivity contribution in [2.24, 2.45) is 0 Å². The van der Waals surface area contributed by atoms with E-state index in [0.717, 1.165) is 5.56 Å². The van der Waals surface area contributed by atoms with Crippen LogP contribution in [0.25, 0.3) is 0 Å². The van der Waals surface area contributed by atoms with E-state index >= 15 is 0 Å². The van der Waals surface area contributed by atoms with E-state index < -0.39 is 6.10 Å². The molecular formula is C16H17FN2O4. The Labute approximate surface area is 132 Å². The molecule has 1 N–H and O–H groups in total. The van der Waals surface area contributed by atoms with Crippen LogP contribution in [-0.4, -0.2) is 40.8 Å². The molecule has 3 rings (SSSR count). The standard InChI is InChI=1S/C16H17FN2O4/c1-22-9-13-7-14(18-23-13)16(21)19-8-12(20)6-15(19)10-2-4-11(17)5-3-10/h2-5,7,12,15,20H,6,8-9H2,1H3/t12-,15-/m0/s1. The maximum atomic E-state index is 13.1. The number of methoxy groups -OCH3 is 1. The van der Waals surface area contributed by atoms with Crippen molar-refractivity contribution in [3.63, 3.8) is 0 Å². The second-order valence-corrected chi connectivity index (χ2v) is 5.53. The summed E-state index contributed by atoms with van der Waals surface area (Å²) in [4.78, 5) is 14.2. The van der Waals surface area contributed by atoms with E-state index in [2.05, 4.69) is 5.16 Å². The quantitative estimate of drug-likeness (QED) is 0.931. The van der Waals surface area contributed by atoms with E-state index in [0.29, 0.717) is 12.2 Å². The predicted octanol–water partition coefficient (Wildman–Crippen LogP) is 1.91. The Bertz CT molecular complexity index is 686. The maximum Gasteiger partial charge on any atom is 0.276 e. The zero-order chi connectivity index (χ0) is 16.4. The predicted molar refractivity (Wildman–Crippen MR) is 78.0 cm³/mol. The number of benzene rings is 1. The molecule has 2 aromatic rings. The number of aliphatic hydroxyl groups is 1. The Morgan fingerprint density at radius 2 is 2.22 bits per heavy atom. The van der Waals surface area contributed by atoms with Crippen molar-refractivity contribution in [3.8, 4) is 0 Å². The first-order valence-corrected chi connectivity index (χ1v) is 7.27. The molecule has 1 saturated heterocycles. The summed E-state index contributed by atoms with van der Waals surface area (Å²) in [5.74, 6) is -0.221. The van der Waals surface area contributed by atoms with Crippen LogP contribution in [0.5, 0.6) is 0 Å². The minimum absolute atomic E-state index is 0.165. The molecule has 0 saturated carbocycles. The number of hydrogen-bond acceptors (Lipinski definition) is 5. The largest absolute Gasteiger partial charge is 0.391 e. The number of ether oxygens (including phenoxy) is 1. The molecule has 0 aliphatic carbocycles. The Morgan fingerprint density at radius 3 is 2.91 bits per heavy atom. The molecule has 1 aliphatic heterocycles. The Balaban J connectivity index is 1.83. The van der Waals surface area contributed by atoms with Gasteiger partial charge in [-0.3, -0.25) is 4.79 Å². The molecule has 1 fully saturated rings. The Hall–Kier alpha value is -2.25. The highest BCUT2D eigenvalue weighted by Crippen LogP contribution is 2.33. The lowest BCUT2D eigenvalue weighted by Gasteiger charge is -2.23. The van der Waals surface area contributed by atoms with Gasteiger partial charge < -0.3 is 19.3 Å². The number of aromatic nitrogens is 1. The van der Waals surface area contributed by atoms with Gasteiger partial charge in [0.05, 0.1) is 12.1 Å². The summed E-state index contributed by atoms with van der Waals surface area (Å²) in [7, 11) is 1.52. The van der Waals surface area contributed by atoms with Crippen LogP contribution in [0.4, 0.5) is 4.39 Å². The van der Waals surface area contributed by atoms with E-state index in [1.54, 1.807) is 12.1 Å². The molecule has 0 unspecified atom stereocenters. The highest BCUT2D eigenvalue weighted by atomic mass is 19.1. The van der Waals surface area contributed by atoms with Gasteiger partial charge in [0, 0.05) is 19.7 Å². The number of halogens is 1. The van der Waals surface area contributed by atoms with Gasteiger partial charge in [0.15, 0.2) is 11.5 Å². The van der Waals surface area contributed by atoms with Crippen molar-refractivity contribution in [2.45, 2.75) is 25.2 Å². The SMILES string of the molecule is COCc1cc(C(=O)N2C[C@@H](O)C[C@H]2c2ccc(F)cc2)no1. The van der Waals surface area contributed by atoms with Crippen LogP contribution < -0.4 is 0 Å². The van der Waals surface area contributed by atoms with Crippen LogP contribution in [0.15, 0.2) is 34.9 Å². The van der Waals surface area contributed by atoms with Gasteiger partial charge in [-0.1, -0.05) is 17.3 Å². The van der Waals surface area contributed by atoms with Crippen LogP contribution in [0.3, 0.4) is 0 Å². The molecule has 0 bridgehead atoms. The van der Waals surface area contributed by atoms with Crippen LogP contribution in [0.2, 0.25) is 0 Å². The molecule has 1 aromatic carbocycles. The molecule has 1 aliphatic rings. The van der Waals surface area contributed by atoms with Crippen LogP contribution in [0.1, 0.15) is 34.3 Å². The number of aliphatic hydroxyl groups excluding tert-OH is 1. The molecule has 2 atom stereocenters. The van der Waals surface area contributed by atoms with Gasteiger partial charge in [-0.2, -0.15) is 0 Å². The second kappa shape index (κ2) is 6.47. The number of hydrogen-bond donors (Lipinski definition) is 1. The topological polar surface area (TPSA) is 75.8 Å². The highest BCUT2D eigenvalue weighted by molar-refractivity contribution is 5.92. The highest BCUT2D eigenvalue weighted by Gasteiger charge is 2.36. The molecule has 0 radical (unpaired) electrons. The van der Waals surface area contributed by atoms with Gasteiger partial charge in [-0.05, 0) is 24.1 Å². The van der Waals surface area contributed by atoms with Gasteiger partial charge in [0.2, 0.25) is 0 Å². The van der Waals surface area contributed by atoms with Gasteiger partial charge in [0.1, 0.15) is 12.4 Å². The lowest BCUT2D eigenvalue weighted by molar-refractivity contribution is 0.0704. The average Bonchev–Trinajstić information content (AvgIpc) is 3.15.